The van der Waals surface area contributed by atoms with Crippen LogP contribution < -0.4 is 10.1 Å². The number of benzene rings is 1. The summed E-state index contributed by atoms with van der Waals surface area (Å²) < 4.78 is 28.6. The molecule has 0 unspecified atom stereocenters. The number of thiophene rings is 1. The van der Waals surface area contributed by atoms with Gasteiger partial charge in [-0.3, -0.25) is 4.79 Å². The lowest BCUT2D eigenvalue weighted by atomic mass is 9.77. The minimum Gasteiger partial charge on any atom is -0.480 e. The lowest BCUT2D eigenvalue weighted by Crippen LogP contribution is -2.59. The molecular formula is C17H15F2NO4S. The molecule has 2 N–H and O–H groups in total. The van der Waals surface area contributed by atoms with Gasteiger partial charge in [0.25, 0.3) is 5.91 Å². The first kappa shape index (κ1) is 17.3. The average Bonchev–Trinajstić information content (AvgIpc) is 3.00. The number of carbonyl (C=O) groups is 2. The summed E-state index contributed by atoms with van der Waals surface area (Å²) >= 11 is 1.21. The van der Waals surface area contributed by atoms with Crippen LogP contribution in [-0.4, -0.2) is 29.1 Å². The summed E-state index contributed by atoms with van der Waals surface area (Å²) in [6, 6.07) is 9.44. The Balaban J connectivity index is 1.71. The molecule has 0 radical (unpaired) electrons. The fraction of sp³-hybridized carbons (Fsp3) is 0.294. The molecule has 1 aliphatic rings. The Bertz CT molecular complexity index is 784. The summed E-state index contributed by atoms with van der Waals surface area (Å²) in [4.78, 5) is 24.8. The molecule has 1 amide bonds. The number of carboxylic acids is 1. The number of rotatable bonds is 6. The molecular weight excluding hydrogens is 352 g/mol. The third-order valence-corrected chi connectivity index (χ3v) is 5.30. The molecule has 2 aromatic rings. The minimum absolute atomic E-state index is 0.0571. The highest BCUT2D eigenvalue weighted by atomic mass is 32.1. The molecule has 5 nitrogen and oxygen atoms in total. The predicted octanol–water partition coefficient (Wildman–Crippen LogP) is 3.75. The van der Waals surface area contributed by atoms with E-state index in [0.29, 0.717) is 17.7 Å². The largest absolute Gasteiger partial charge is 0.480 e. The van der Waals surface area contributed by atoms with Gasteiger partial charge in [0.1, 0.15) is 11.3 Å². The molecule has 1 aromatic carbocycles. The fourth-order valence-corrected chi connectivity index (χ4v) is 3.52. The molecule has 1 fully saturated rings. The Morgan fingerprint density at radius 2 is 1.84 bits per heavy atom. The van der Waals surface area contributed by atoms with Crippen molar-refractivity contribution in [3.63, 3.8) is 0 Å². The van der Waals surface area contributed by atoms with E-state index in [1.807, 2.05) is 0 Å². The van der Waals surface area contributed by atoms with E-state index in [-0.39, 0.29) is 5.75 Å². The van der Waals surface area contributed by atoms with Crippen LogP contribution in [0.4, 0.5) is 8.78 Å². The molecule has 1 heterocycles. The van der Waals surface area contributed by atoms with E-state index in [2.05, 4.69) is 10.1 Å². The van der Waals surface area contributed by atoms with Crippen molar-refractivity contribution in [1.82, 2.24) is 5.32 Å². The van der Waals surface area contributed by atoms with Gasteiger partial charge >= 0.3 is 12.6 Å². The second kappa shape index (κ2) is 6.79. The van der Waals surface area contributed by atoms with Crippen molar-refractivity contribution in [2.24, 2.45) is 0 Å². The monoisotopic (exact) mass is 367 g/mol. The zero-order valence-corrected chi connectivity index (χ0v) is 13.8. The first-order valence-electron chi connectivity index (χ1n) is 7.61. The average molecular weight is 367 g/mol. The first-order valence-corrected chi connectivity index (χ1v) is 8.42. The van der Waals surface area contributed by atoms with Gasteiger partial charge in [0, 0.05) is 4.88 Å². The van der Waals surface area contributed by atoms with Gasteiger partial charge in [0.15, 0.2) is 0 Å². The molecule has 8 heteroatoms. The summed E-state index contributed by atoms with van der Waals surface area (Å²) in [7, 11) is 0. The molecule has 1 aromatic heterocycles. The van der Waals surface area contributed by atoms with Crippen molar-refractivity contribution in [1.29, 1.82) is 0 Å². The van der Waals surface area contributed by atoms with Crippen molar-refractivity contribution in [3.8, 4) is 16.2 Å². The van der Waals surface area contributed by atoms with Gasteiger partial charge < -0.3 is 15.2 Å². The SMILES string of the molecule is O=C(NC1(C(=O)O)CCC1)c1ccc(-c2ccc(OC(F)F)cc2)s1. The summed E-state index contributed by atoms with van der Waals surface area (Å²) in [5.41, 5.74) is -0.405. The smallest absolute Gasteiger partial charge is 0.387 e. The molecule has 0 aliphatic heterocycles. The molecule has 0 saturated heterocycles. The minimum atomic E-state index is -2.88. The lowest BCUT2D eigenvalue weighted by Gasteiger charge is -2.38. The highest BCUT2D eigenvalue weighted by Gasteiger charge is 2.45. The standard InChI is InChI=1S/C17H15F2NO4S/c18-16(19)24-11-4-2-10(3-5-11)12-6-7-13(25-12)14(21)20-17(15(22)23)8-1-9-17/h2-7,16H,1,8-9H2,(H,20,21)(H,22,23). The predicted molar refractivity (Wildman–Crippen MR) is 88.1 cm³/mol. The Kier molecular flexibility index (Phi) is 4.71. The maximum atomic E-state index is 12.3. The zero-order chi connectivity index (χ0) is 18.0. The number of aliphatic carboxylic acids is 1. The summed E-state index contributed by atoms with van der Waals surface area (Å²) in [5.74, 6) is -1.38. The summed E-state index contributed by atoms with van der Waals surface area (Å²) in [6.45, 7) is -2.88. The van der Waals surface area contributed by atoms with Crippen molar-refractivity contribution < 1.29 is 28.2 Å². The number of amides is 1. The van der Waals surface area contributed by atoms with E-state index in [0.717, 1.165) is 16.9 Å². The van der Waals surface area contributed by atoms with Gasteiger partial charge in [-0.1, -0.05) is 0 Å². The quantitative estimate of drug-likeness (QED) is 0.815. The van der Waals surface area contributed by atoms with Gasteiger partial charge in [-0.25, -0.2) is 4.79 Å². The maximum Gasteiger partial charge on any atom is 0.387 e. The van der Waals surface area contributed by atoms with Crippen LogP contribution in [0.5, 0.6) is 5.75 Å². The molecule has 1 aliphatic carbocycles. The van der Waals surface area contributed by atoms with Crippen molar-refractivity contribution >= 4 is 23.2 Å². The molecule has 132 valence electrons. The number of carboxylic acid groups (broad SMARTS) is 1. The second-order valence-corrected chi connectivity index (χ2v) is 6.85. The van der Waals surface area contributed by atoms with Gasteiger partial charge in [-0.15, -0.1) is 11.3 Å². The summed E-state index contributed by atoms with van der Waals surface area (Å²) in [5, 5.41) is 11.9. The van der Waals surface area contributed by atoms with Crippen LogP contribution in [0.15, 0.2) is 36.4 Å². The second-order valence-electron chi connectivity index (χ2n) is 5.76. The van der Waals surface area contributed by atoms with Crippen LogP contribution in [0.2, 0.25) is 0 Å². The van der Waals surface area contributed by atoms with E-state index in [9.17, 15) is 23.5 Å². The van der Waals surface area contributed by atoms with Crippen molar-refractivity contribution in [3.05, 3.63) is 41.3 Å². The third kappa shape index (κ3) is 3.63. The molecule has 25 heavy (non-hydrogen) atoms. The number of ether oxygens (including phenoxy) is 1. The molecule has 0 atom stereocenters. The Morgan fingerprint density at radius 1 is 1.16 bits per heavy atom. The van der Waals surface area contributed by atoms with Crippen LogP contribution in [0.1, 0.15) is 28.9 Å². The number of hydrogen-bond acceptors (Lipinski definition) is 4. The van der Waals surface area contributed by atoms with Gasteiger partial charge in [0.05, 0.1) is 4.88 Å². The third-order valence-electron chi connectivity index (χ3n) is 4.16. The number of hydrogen-bond donors (Lipinski definition) is 2. The van der Waals surface area contributed by atoms with E-state index in [4.69, 9.17) is 0 Å². The maximum absolute atomic E-state index is 12.3. The Morgan fingerprint density at radius 3 is 2.36 bits per heavy atom. The van der Waals surface area contributed by atoms with Crippen LogP contribution in [0.3, 0.4) is 0 Å². The normalized spacial score (nSPS) is 15.5. The lowest BCUT2D eigenvalue weighted by molar-refractivity contribution is -0.148. The number of carbonyl (C=O) groups excluding carboxylic acids is 1. The van der Waals surface area contributed by atoms with Crippen LogP contribution >= 0.6 is 11.3 Å². The summed E-state index contributed by atoms with van der Waals surface area (Å²) in [6.07, 6.45) is 1.63. The number of halogens is 2. The molecule has 1 saturated carbocycles. The van der Waals surface area contributed by atoms with Gasteiger partial charge in [0.2, 0.25) is 0 Å². The number of nitrogens with one attached hydrogen (secondary N) is 1. The molecule has 0 bridgehead atoms. The first-order chi connectivity index (χ1) is 11.9. The topological polar surface area (TPSA) is 75.6 Å². The van der Waals surface area contributed by atoms with Crippen molar-refractivity contribution in [2.75, 3.05) is 0 Å². The van der Waals surface area contributed by atoms with E-state index in [1.54, 1.807) is 24.3 Å². The van der Waals surface area contributed by atoms with E-state index >= 15 is 0 Å². The van der Waals surface area contributed by atoms with Gasteiger partial charge in [-0.2, -0.15) is 8.78 Å². The van der Waals surface area contributed by atoms with Crippen LogP contribution in [0, 0.1) is 0 Å². The van der Waals surface area contributed by atoms with Gasteiger partial charge in [-0.05, 0) is 61.2 Å². The van der Waals surface area contributed by atoms with Crippen molar-refractivity contribution in [2.45, 2.75) is 31.4 Å². The fourth-order valence-electron chi connectivity index (χ4n) is 2.62. The van der Waals surface area contributed by atoms with E-state index in [1.165, 1.54) is 23.5 Å². The van der Waals surface area contributed by atoms with Crippen LogP contribution in [-0.2, 0) is 4.79 Å². The zero-order valence-electron chi connectivity index (χ0n) is 13.0. The Labute approximate surface area is 146 Å². The number of alkyl halides is 2. The van der Waals surface area contributed by atoms with Crippen LogP contribution in [0.25, 0.3) is 10.4 Å². The highest BCUT2D eigenvalue weighted by molar-refractivity contribution is 7.17. The Hall–Kier alpha value is -2.48. The molecule has 3 rings (SSSR count). The van der Waals surface area contributed by atoms with E-state index < -0.39 is 24.0 Å². The molecule has 0 spiro atoms. The highest BCUT2D eigenvalue weighted by Crippen LogP contribution is 2.34.